The molecule has 3 aromatic rings. The first-order chi connectivity index (χ1) is 13.7. The SMILES string of the molecule is CCc1cc(-c2ccc(F)cc2)c(OCc2ccccc2)cc1OCCCCl. The topological polar surface area (TPSA) is 18.5 Å². The highest BCUT2D eigenvalue weighted by molar-refractivity contribution is 6.17. The molecule has 0 radical (unpaired) electrons. The lowest BCUT2D eigenvalue weighted by Crippen LogP contribution is -2.03. The van der Waals surface area contributed by atoms with E-state index in [0.717, 1.165) is 40.8 Å². The molecular formula is C24H24ClFO2. The van der Waals surface area contributed by atoms with Crippen LogP contribution in [-0.4, -0.2) is 12.5 Å². The minimum atomic E-state index is -0.257. The van der Waals surface area contributed by atoms with Crippen LogP contribution in [0.2, 0.25) is 0 Å². The molecule has 2 nitrogen and oxygen atoms in total. The summed E-state index contributed by atoms with van der Waals surface area (Å²) in [7, 11) is 0. The standard InChI is InChI=1S/C24H24ClFO2/c1-2-19-15-22(20-9-11-21(26)12-10-20)24(16-23(19)27-14-6-13-25)28-17-18-7-4-3-5-8-18/h3-5,7-12,15-16H,2,6,13-14,17H2,1H3. The number of aryl methyl sites for hydroxylation is 1. The summed E-state index contributed by atoms with van der Waals surface area (Å²) in [6, 6.07) is 20.5. The molecule has 0 N–H and O–H groups in total. The van der Waals surface area contributed by atoms with Gasteiger partial charge < -0.3 is 9.47 Å². The number of rotatable bonds is 9. The summed E-state index contributed by atoms with van der Waals surface area (Å²) in [4.78, 5) is 0. The van der Waals surface area contributed by atoms with Gasteiger partial charge in [-0.2, -0.15) is 0 Å². The molecule has 0 saturated carbocycles. The van der Waals surface area contributed by atoms with Gasteiger partial charge in [-0.15, -0.1) is 11.6 Å². The average Bonchev–Trinajstić information content (AvgIpc) is 2.74. The minimum Gasteiger partial charge on any atom is -0.493 e. The summed E-state index contributed by atoms with van der Waals surface area (Å²) in [5, 5.41) is 0. The Morgan fingerprint density at radius 2 is 1.64 bits per heavy atom. The Labute approximate surface area is 170 Å². The van der Waals surface area contributed by atoms with Gasteiger partial charge >= 0.3 is 0 Å². The lowest BCUT2D eigenvalue weighted by atomic mass is 10.00. The Balaban J connectivity index is 1.95. The highest BCUT2D eigenvalue weighted by Gasteiger charge is 2.14. The van der Waals surface area contributed by atoms with Gasteiger partial charge in [0.1, 0.15) is 23.9 Å². The average molecular weight is 399 g/mol. The zero-order chi connectivity index (χ0) is 19.8. The summed E-state index contributed by atoms with van der Waals surface area (Å²) in [6.45, 7) is 3.09. The summed E-state index contributed by atoms with van der Waals surface area (Å²) in [6.07, 6.45) is 1.61. The number of hydrogen-bond donors (Lipinski definition) is 0. The summed E-state index contributed by atoms with van der Waals surface area (Å²) >= 11 is 5.77. The molecule has 0 aliphatic rings. The van der Waals surface area contributed by atoms with Gasteiger partial charge in [-0.25, -0.2) is 4.39 Å². The second-order valence-electron chi connectivity index (χ2n) is 6.48. The van der Waals surface area contributed by atoms with Crippen LogP contribution in [0.4, 0.5) is 4.39 Å². The monoisotopic (exact) mass is 398 g/mol. The first-order valence-corrected chi connectivity index (χ1v) is 10.0. The predicted molar refractivity (Wildman–Crippen MR) is 113 cm³/mol. The van der Waals surface area contributed by atoms with Crippen LogP contribution in [0.25, 0.3) is 11.1 Å². The number of benzene rings is 3. The maximum absolute atomic E-state index is 13.4. The van der Waals surface area contributed by atoms with Gasteiger partial charge in [-0.05, 0) is 47.7 Å². The van der Waals surface area contributed by atoms with E-state index in [9.17, 15) is 4.39 Å². The van der Waals surface area contributed by atoms with Gasteiger partial charge in [-0.1, -0.05) is 49.4 Å². The zero-order valence-electron chi connectivity index (χ0n) is 16.0. The summed E-state index contributed by atoms with van der Waals surface area (Å²) < 4.78 is 25.5. The molecule has 0 amide bonds. The smallest absolute Gasteiger partial charge is 0.131 e. The van der Waals surface area contributed by atoms with E-state index in [-0.39, 0.29) is 5.82 Å². The Morgan fingerprint density at radius 3 is 2.32 bits per heavy atom. The fraction of sp³-hybridized carbons (Fsp3) is 0.250. The molecule has 0 atom stereocenters. The summed E-state index contributed by atoms with van der Waals surface area (Å²) in [5.74, 6) is 1.83. The van der Waals surface area contributed by atoms with Crippen LogP contribution in [0.15, 0.2) is 66.7 Å². The molecule has 0 fully saturated rings. The molecule has 0 heterocycles. The van der Waals surface area contributed by atoms with Crippen LogP contribution in [0.3, 0.4) is 0 Å². The molecule has 0 aliphatic heterocycles. The molecule has 28 heavy (non-hydrogen) atoms. The van der Waals surface area contributed by atoms with Crippen LogP contribution < -0.4 is 9.47 Å². The van der Waals surface area contributed by atoms with Gasteiger partial charge in [0.05, 0.1) is 6.61 Å². The molecule has 0 unspecified atom stereocenters. The molecule has 0 bridgehead atoms. The van der Waals surface area contributed by atoms with E-state index < -0.39 is 0 Å². The van der Waals surface area contributed by atoms with E-state index in [1.165, 1.54) is 12.1 Å². The molecule has 0 aromatic heterocycles. The first kappa shape index (κ1) is 20.2. The lowest BCUT2D eigenvalue weighted by molar-refractivity contribution is 0.294. The third-order valence-electron chi connectivity index (χ3n) is 4.47. The van der Waals surface area contributed by atoms with Crippen LogP contribution >= 0.6 is 11.6 Å². The van der Waals surface area contributed by atoms with E-state index in [1.807, 2.05) is 36.4 Å². The second kappa shape index (κ2) is 10.1. The molecule has 0 saturated heterocycles. The van der Waals surface area contributed by atoms with Crippen molar-refractivity contribution in [3.8, 4) is 22.6 Å². The van der Waals surface area contributed by atoms with Crippen LogP contribution in [0.1, 0.15) is 24.5 Å². The van der Waals surface area contributed by atoms with E-state index in [0.29, 0.717) is 24.8 Å². The van der Waals surface area contributed by atoms with Crippen LogP contribution in [-0.2, 0) is 13.0 Å². The van der Waals surface area contributed by atoms with Gasteiger partial charge in [0.2, 0.25) is 0 Å². The maximum atomic E-state index is 13.4. The van der Waals surface area contributed by atoms with E-state index in [1.54, 1.807) is 12.1 Å². The summed E-state index contributed by atoms with van der Waals surface area (Å²) in [5.41, 5.74) is 4.00. The normalized spacial score (nSPS) is 10.7. The fourth-order valence-corrected chi connectivity index (χ4v) is 3.07. The Morgan fingerprint density at radius 1 is 0.893 bits per heavy atom. The maximum Gasteiger partial charge on any atom is 0.131 e. The molecule has 146 valence electrons. The highest BCUT2D eigenvalue weighted by atomic mass is 35.5. The predicted octanol–water partition coefficient (Wildman–Crippen LogP) is 6.64. The lowest BCUT2D eigenvalue weighted by Gasteiger charge is -2.17. The number of ether oxygens (including phenoxy) is 2. The van der Waals surface area contributed by atoms with Gasteiger partial charge in [0.15, 0.2) is 0 Å². The van der Waals surface area contributed by atoms with Crippen molar-refractivity contribution in [3.05, 3.63) is 83.7 Å². The Bertz CT molecular complexity index is 879. The number of halogens is 2. The van der Waals surface area contributed by atoms with Crippen molar-refractivity contribution in [2.24, 2.45) is 0 Å². The molecule has 0 aliphatic carbocycles. The zero-order valence-corrected chi connectivity index (χ0v) is 16.7. The minimum absolute atomic E-state index is 0.257. The van der Waals surface area contributed by atoms with Crippen molar-refractivity contribution in [1.29, 1.82) is 0 Å². The van der Waals surface area contributed by atoms with Gasteiger partial charge in [-0.3, -0.25) is 0 Å². The van der Waals surface area contributed by atoms with Crippen LogP contribution in [0, 0.1) is 5.82 Å². The second-order valence-corrected chi connectivity index (χ2v) is 6.86. The Hall–Kier alpha value is -2.52. The van der Waals surface area contributed by atoms with Crippen molar-refractivity contribution in [3.63, 3.8) is 0 Å². The molecule has 3 rings (SSSR count). The molecule has 0 spiro atoms. The molecule has 4 heteroatoms. The molecule has 3 aromatic carbocycles. The third-order valence-corrected chi connectivity index (χ3v) is 4.74. The third kappa shape index (κ3) is 5.26. The van der Waals surface area contributed by atoms with Crippen molar-refractivity contribution in [2.75, 3.05) is 12.5 Å². The van der Waals surface area contributed by atoms with Crippen molar-refractivity contribution in [2.45, 2.75) is 26.4 Å². The van der Waals surface area contributed by atoms with Crippen molar-refractivity contribution in [1.82, 2.24) is 0 Å². The van der Waals surface area contributed by atoms with Crippen molar-refractivity contribution < 1.29 is 13.9 Å². The quantitative estimate of drug-likeness (QED) is 0.297. The van der Waals surface area contributed by atoms with E-state index in [4.69, 9.17) is 21.1 Å². The van der Waals surface area contributed by atoms with E-state index >= 15 is 0 Å². The van der Waals surface area contributed by atoms with E-state index in [2.05, 4.69) is 13.0 Å². The highest BCUT2D eigenvalue weighted by Crippen LogP contribution is 2.37. The van der Waals surface area contributed by atoms with Gasteiger partial charge in [0.25, 0.3) is 0 Å². The largest absolute Gasteiger partial charge is 0.493 e. The van der Waals surface area contributed by atoms with Crippen molar-refractivity contribution >= 4 is 11.6 Å². The fourth-order valence-electron chi connectivity index (χ4n) is 2.96. The Kier molecular flexibility index (Phi) is 7.32. The first-order valence-electron chi connectivity index (χ1n) is 9.49. The van der Waals surface area contributed by atoms with Gasteiger partial charge in [0, 0.05) is 17.5 Å². The molecular weight excluding hydrogens is 375 g/mol. The number of alkyl halides is 1. The van der Waals surface area contributed by atoms with Crippen LogP contribution in [0.5, 0.6) is 11.5 Å². The number of hydrogen-bond acceptors (Lipinski definition) is 2.